The summed E-state index contributed by atoms with van der Waals surface area (Å²) in [7, 11) is 2.24. The summed E-state index contributed by atoms with van der Waals surface area (Å²) in [6, 6.07) is 5.03. The van der Waals surface area contributed by atoms with Gasteiger partial charge in [0.1, 0.15) is 0 Å². The fraction of sp³-hybridized carbons (Fsp3) is 0.692. The Morgan fingerprint density at radius 3 is 2.81 bits per heavy atom. The van der Waals surface area contributed by atoms with Gasteiger partial charge in [-0.1, -0.05) is 28.4 Å². The second-order valence-electron chi connectivity index (χ2n) is 4.36. The Kier molecular flexibility index (Phi) is 7.33. The smallest absolute Gasteiger partial charge is 0.0112 e. The maximum Gasteiger partial charge on any atom is 0.0112 e. The van der Waals surface area contributed by atoms with Crippen LogP contribution in [-0.2, 0) is 6.42 Å². The molecule has 1 unspecified atom stereocenters. The molecule has 0 aromatic carbocycles. The van der Waals surface area contributed by atoms with Crippen molar-refractivity contribution in [3.8, 4) is 0 Å². The quantitative estimate of drug-likeness (QED) is 0.514. The Hall–Kier alpha value is 0.140. The van der Waals surface area contributed by atoms with Crippen LogP contribution in [0.4, 0.5) is 0 Å². The minimum atomic E-state index is 0.655. The van der Waals surface area contributed by atoms with Crippen LogP contribution in [-0.4, -0.2) is 29.9 Å². The second-order valence-corrected chi connectivity index (χ2v) is 6.19. The van der Waals surface area contributed by atoms with Crippen molar-refractivity contribution in [1.82, 2.24) is 4.90 Å². The molecule has 1 atom stereocenters. The first-order valence-electron chi connectivity index (χ1n) is 6.02. The molecule has 1 aromatic heterocycles. The third-order valence-corrected chi connectivity index (χ3v) is 4.43. The van der Waals surface area contributed by atoms with Gasteiger partial charge in [0.2, 0.25) is 0 Å². The summed E-state index contributed by atoms with van der Waals surface area (Å²) in [4.78, 5) is 3.98. The van der Waals surface area contributed by atoms with Gasteiger partial charge in [0.25, 0.3) is 0 Å². The number of likely N-dealkylation sites (N-methyl/N-ethyl adjacent to an activating group) is 1. The summed E-state index contributed by atoms with van der Waals surface area (Å²) in [6.07, 6.45) is 5.14. The molecule has 0 aliphatic rings. The predicted molar refractivity (Wildman–Crippen MR) is 77.8 cm³/mol. The zero-order chi connectivity index (χ0) is 11.8. The lowest BCUT2D eigenvalue weighted by molar-refractivity contribution is 0.252. The van der Waals surface area contributed by atoms with Gasteiger partial charge in [0.15, 0.2) is 0 Å². The molecule has 0 N–H and O–H groups in total. The van der Waals surface area contributed by atoms with Gasteiger partial charge >= 0.3 is 0 Å². The highest BCUT2D eigenvalue weighted by molar-refractivity contribution is 9.09. The molecule has 92 valence electrons. The van der Waals surface area contributed by atoms with Gasteiger partial charge in [0, 0.05) is 16.2 Å². The molecule has 1 rings (SSSR count). The van der Waals surface area contributed by atoms with E-state index in [1.807, 2.05) is 11.3 Å². The molecular weight excluding hydrogens is 282 g/mol. The SMILES string of the molecule is CC(Cc1cccs1)N(C)CCCCCBr. The molecule has 0 radical (unpaired) electrons. The topological polar surface area (TPSA) is 3.24 Å². The lowest BCUT2D eigenvalue weighted by atomic mass is 10.1. The fourth-order valence-electron chi connectivity index (χ4n) is 1.73. The number of rotatable bonds is 8. The zero-order valence-electron chi connectivity index (χ0n) is 10.3. The van der Waals surface area contributed by atoms with E-state index in [4.69, 9.17) is 0 Å². The number of halogens is 1. The lowest BCUT2D eigenvalue weighted by Gasteiger charge is -2.24. The molecule has 0 saturated heterocycles. The number of thiophene rings is 1. The third kappa shape index (κ3) is 5.46. The van der Waals surface area contributed by atoms with Gasteiger partial charge in [0.05, 0.1) is 0 Å². The predicted octanol–water partition coefficient (Wildman–Crippen LogP) is 4.18. The van der Waals surface area contributed by atoms with Crippen molar-refractivity contribution >= 4 is 27.3 Å². The minimum absolute atomic E-state index is 0.655. The van der Waals surface area contributed by atoms with Crippen molar-refractivity contribution in [3.63, 3.8) is 0 Å². The van der Waals surface area contributed by atoms with E-state index in [2.05, 4.69) is 52.3 Å². The first-order valence-corrected chi connectivity index (χ1v) is 8.02. The number of hydrogen-bond acceptors (Lipinski definition) is 2. The Morgan fingerprint density at radius 1 is 1.38 bits per heavy atom. The van der Waals surface area contributed by atoms with Crippen LogP contribution >= 0.6 is 27.3 Å². The molecule has 0 bridgehead atoms. The van der Waals surface area contributed by atoms with Crippen molar-refractivity contribution < 1.29 is 0 Å². The molecule has 0 aliphatic heterocycles. The van der Waals surface area contributed by atoms with E-state index in [1.165, 1.54) is 37.1 Å². The Labute approximate surface area is 112 Å². The van der Waals surface area contributed by atoms with Gasteiger partial charge in [-0.15, -0.1) is 11.3 Å². The first kappa shape index (κ1) is 14.2. The molecule has 16 heavy (non-hydrogen) atoms. The Bertz CT molecular complexity index is 261. The molecule has 1 heterocycles. The van der Waals surface area contributed by atoms with E-state index in [9.17, 15) is 0 Å². The highest BCUT2D eigenvalue weighted by Gasteiger charge is 2.09. The van der Waals surface area contributed by atoms with Gasteiger partial charge in [-0.25, -0.2) is 0 Å². The van der Waals surface area contributed by atoms with Crippen LogP contribution in [0.2, 0.25) is 0 Å². The molecule has 1 nitrogen and oxygen atoms in total. The van der Waals surface area contributed by atoms with E-state index in [1.54, 1.807) is 0 Å². The van der Waals surface area contributed by atoms with Crippen LogP contribution in [0, 0.1) is 0 Å². The third-order valence-electron chi connectivity index (χ3n) is 2.97. The number of nitrogens with zero attached hydrogens (tertiary/aromatic N) is 1. The monoisotopic (exact) mass is 303 g/mol. The highest BCUT2D eigenvalue weighted by atomic mass is 79.9. The van der Waals surface area contributed by atoms with Gasteiger partial charge < -0.3 is 4.90 Å². The summed E-state index contributed by atoms with van der Waals surface area (Å²) in [5.74, 6) is 0. The largest absolute Gasteiger partial charge is 0.303 e. The summed E-state index contributed by atoms with van der Waals surface area (Å²) in [5.41, 5.74) is 0. The van der Waals surface area contributed by atoms with Gasteiger partial charge in [-0.3, -0.25) is 0 Å². The van der Waals surface area contributed by atoms with E-state index >= 15 is 0 Å². The Balaban J connectivity index is 2.17. The number of alkyl halides is 1. The molecule has 0 spiro atoms. The van der Waals surface area contributed by atoms with Crippen molar-refractivity contribution in [2.45, 2.75) is 38.6 Å². The maximum absolute atomic E-state index is 3.47. The van der Waals surface area contributed by atoms with E-state index in [0.717, 1.165) is 5.33 Å². The lowest BCUT2D eigenvalue weighted by Crippen LogP contribution is -2.31. The normalized spacial score (nSPS) is 13.2. The van der Waals surface area contributed by atoms with E-state index < -0.39 is 0 Å². The van der Waals surface area contributed by atoms with Crippen LogP contribution in [0.5, 0.6) is 0 Å². The summed E-state index contributed by atoms with van der Waals surface area (Å²) in [5, 5.41) is 3.31. The Morgan fingerprint density at radius 2 is 2.19 bits per heavy atom. The molecule has 3 heteroatoms. The van der Waals surface area contributed by atoms with Crippen LogP contribution in [0.3, 0.4) is 0 Å². The second kappa shape index (κ2) is 8.26. The number of hydrogen-bond donors (Lipinski definition) is 0. The molecule has 0 amide bonds. The summed E-state index contributed by atoms with van der Waals surface area (Å²) < 4.78 is 0. The van der Waals surface area contributed by atoms with E-state index in [0.29, 0.717) is 6.04 Å². The molecule has 1 aromatic rings. The molecule has 0 saturated carbocycles. The van der Waals surface area contributed by atoms with Crippen LogP contribution in [0.1, 0.15) is 31.1 Å². The molecule has 0 fully saturated rings. The summed E-state index contributed by atoms with van der Waals surface area (Å²) >= 11 is 5.34. The average Bonchev–Trinajstić information content (AvgIpc) is 2.76. The van der Waals surface area contributed by atoms with Gasteiger partial charge in [-0.05, 0) is 51.2 Å². The fourth-order valence-corrected chi connectivity index (χ4v) is 2.95. The standard InChI is InChI=1S/C13H22BrNS/c1-12(11-13-7-6-10-16-13)15(2)9-5-3-4-8-14/h6-7,10,12H,3-5,8-9,11H2,1-2H3. The van der Waals surface area contributed by atoms with Gasteiger partial charge in [-0.2, -0.15) is 0 Å². The highest BCUT2D eigenvalue weighted by Crippen LogP contribution is 2.14. The zero-order valence-corrected chi connectivity index (χ0v) is 12.7. The molecule has 0 aliphatic carbocycles. The van der Waals surface area contributed by atoms with Crippen molar-refractivity contribution in [2.75, 3.05) is 18.9 Å². The summed E-state index contributed by atoms with van der Waals surface area (Å²) in [6.45, 7) is 3.55. The van der Waals surface area contributed by atoms with Crippen LogP contribution in [0.25, 0.3) is 0 Å². The molecular formula is C13H22BrNS. The maximum atomic E-state index is 3.47. The average molecular weight is 304 g/mol. The minimum Gasteiger partial charge on any atom is -0.303 e. The van der Waals surface area contributed by atoms with Crippen molar-refractivity contribution in [1.29, 1.82) is 0 Å². The van der Waals surface area contributed by atoms with Crippen LogP contribution in [0.15, 0.2) is 17.5 Å². The van der Waals surface area contributed by atoms with Crippen molar-refractivity contribution in [3.05, 3.63) is 22.4 Å². The first-order chi connectivity index (χ1) is 7.74. The van der Waals surface area contributed by atoms with Crippen LogP contribution < -0.4 is 0 Å². The van der Waals surface area contributed by atoms with Crippen molar-refractivity contribution in [2.24, 2.45) is 0 Å². The number of unbranched alkanes of at least 4 members (excludes halogenated alkanes) is 2. The van der Waals surface area contributed by atoms with E-state index in [-0.39, 0.29) is 0 Å².